The Bertz CT molecular complexity index is 330. The van der Waals surface area contributed by atoms with Crippen molar-refractivity contribution in [3.05, 3.63) is 6.33 Å². The van der Waals surface area contributed by atoms with Crippen molar-refractivity contribution in [2.75, 3.05) is 19.9 Å². The second-order valence-electron chi connectivity index (χ2n) is 3.46. The molecule has 0 bridgehead atoms. The van der Waals surface area contributed by atoms with Crippen LogP contribution in [0.3, 0.4) is 0 Å². The highest BCUT2D eigenvalue weighted by molar-refractivity contribution is 7.99. The van der Waals surface area contributed by atoms with Crippen LogP contribution in [0.25, 0.3) is 0 Å². The number of aromatic nitrogens is 3. The van der Waals surface area contributed by atoms with Crippen LogP contribution in [0.15, 0.2) is 11.5 Å². The number of nitrogens with zero attached hydrogens (tertiary/aromatic N) is 2. The normalized spacial score (nSPS) is 14.4. The molecule has 0 spiro atoms. The average molecular weight is 244 g/mol. The number of ether oxygens (including phenoxy) is 1. The molecule has 1 atom stereocenters. The molecule has 0 radical (unpaired) electrons. The number of thioether (sulfide) groups is 1. The monoisotopic (exact) mass is 244 g/mol. The van der Waals surface area contributed by atoms with Crippen molar-refractivity contribution in [2.24, 2.45) is 0 Å². The topological polar surface area (TPSA) is 79.9 Å². The third kappa shape index (κ3) is 3.21. The third-order valence-corrected chi connectivity index (χ3v) is 3.30. The van der Waals surface area contributed by atoms with Crippen molar-refractivity contribution in [3.8, 4) is 0 Å². The standard InChI is InChI=1S/C9H16N4O2S/c1-9(10-2,7(14)15-3)4-5-16-8-11-6-12-13-8/h6,10H,4-5H2,1-3H3,(H,11,12,13). The zero-order chi connectivity index (χ0) is 12.0. The lowest BCUT2D eigenvalue weighted by Gasteiger charge is -2.25. The van der Waals surface area contributed by atoms with Crippen LogP contribution >= 0.6 is 11.8 Å². The fourth-order valence-electron chi connectivity index (χ4n) is 1.17. The number of esters is 1. The Morgan fingerprint density at radius 3 is 3.00 bits per heavy atom. The molecule has 2 N–H and O–H groups in total. The van der Waals surface area contributed by atoms with Crippen LogP contribution in [-0.2, 0) is 9.53 Å². The minimum Gasteiger partial charge on any atom is -0.468 e. The van der Waals surface area contributed by atoms with Gasteiger partial charge in [0.15, 0.2) is 5.16 Å². The van der Waals surface area contributed by atoms with Crippen LogP contribution in [0, 0.1) is 0 Å². The molecular weight excluding hydrogens is 228 g/mol. The number of carbonyl (C=O) groups excluding carboxylic acids is 1. The number of likely N-dealkylation sites (N-methyl/N-ethyl adjacent to an activating group) is 1. The summed E-state index contributed by atoms with van der Waals surface area (Å²) in [6.45, 7) is 1.82. The summed E-state index contributed by atoms with van der Waals surface area (Å²) >= 11 is 1.52. The lowest BCUT2D eigenvalue weighted by Crippen LogP contribution is -2.48. The first-order valence-electron chi connectivity index (χ1n) is 4.88. The summed E-state index contributed by atoms with van der Waals surface area (Å²) in [6, 6.07) is 0. The van der Waals surface area contributed by atoms with Gasteiger partial charge in [-0.2, -0.15) is 5.10 Å². The lowest BCUT2D eigenvalue weighted by molar-refractivity contribution is -0.147. The molecule has 7 heteroatoms. The predicted octanol–water partition coefficient (Wildman–Crippen LogP) is 0.438. The number of hydrogen-bond acceptors (Lipinski definition) is 6. The number of nitrogens with one attached hydrogen (secondary N) is 2. The fraction of sp³-hybridized carbons (Fsp3) is 0.667. The lowest BCUT2D eigenvalue weighted by atomic mass is 10.00. The summed E-state index contributed by atoms with van der Waals surface area (Å²) in [7, 11) is 3.14. The molecule has 0 saturated heterocycles. The summed E-state index contributed by atoms with van der Waals surface area (Å²) in [6.07, 6.45) is 2.11. The van der Waals surface area contributed by atoms with Crippen LogP contribution in [0.4, 0.5) is 0 Å². The molecule has 0 aliphatic rings. The Kier molecular flexibility index (Phi) is 4.75. The second kappa shape index (κ2) is 5.86. The molecule has 0 fully saturated rings. The minimum absolute atomic E-state index is 0.256. The molecule has 90 valence electrons. The van der Waals surface area contributed by atoms with Crippen LogP contribution in [0.5, 0.6) is 0 Å². The Hall–Kier alpha value is -1.08. The van der Waals surface area contributed by atoms with Gasteiger partial charge in [-0.15, -0.1) is 0 Å². The van der Waals surface area contributed by atoms with Crippen molar-refractivity contribution in [1.82, 2.24) is 20.5 Å². The second-order valence-corrected chi connectivity index (χ2v) is 4.55. The van der Waals surface area contributed by atoms with Crippen molar-refractivity contribution in [1.29, 1.82) is 0 Å². The molecule has 1 heterocycles. The van der Waals surface area contributed by atoms with E-state index >= 15 is 0 Å². The summed E-state index contributed by atoms with van der Waals surface area (Å²) in [5.41, 5.74) is -0.651. The highest BCUT2D eigenvalue weighted by Crippen LogP contribution is 2.19. The Morgan fingerprint density at radius 2 is 2.50 bits per heavy atom. The van der Waals surface area contributed by atoms with Gasteiger partial charge in [0.2, 0.25) is 0 Å². The van der Waals surface area contributed by atoms with Crippen molar-refractivity contribution in [2.45, 2.75) is 24.0 Å². The zero-order valence-electron chi connectivity index (χ0n) is 9.61. The zero-order valence-corrected chi connectivity index (χ0v) is 10.4. The van der Waals surface area contributed by atoms with Gasteiger partial charge in [0.1, 0.15) is 11.9 Å². The maximum atomic E-state index is 11.5. The fourth-order valence-corrected chi connectivity index (χ4v) is 2.11. The third-order valence-electron chi connectivity index (χ3n) is 2.42. The maximum Gasteiger partial charge on any atom is 0.325 e. The first kappa shape index (κ1) is 13.0. The average Bonchev–Trinajstić information content (AvgIpc) is 2.80. The number of H-pyrrole nitrogens is 1. The highest BCUT2D eigenvalue weighted by Gasteiger charge is 2.31. The van der Waals surface area contributed by atoms with E-state index in [4.69, 9.17) is 4.74 Å². The van der Waals surface area contributed by atoms with E-state index in [9.17, 15) is 4.79 Å². The molecule has 16 heavy (non-hydrogen) atoms. The molecule has 6 nitrogen and oxygen atoms in total. The van der Waals surface area contributed by atoms with E-state index in [1.165, 1.54) is 25.2 Å². The van der Waals surface area contributed by atoms with E-state index in [1.807, 2.05) is 6.92 Å². The predicted molar refractivity (Wildman–Crippen MR) is 61.2 cm³/mol. The smallest absolute Gasteiger partial charge is 0.325 e. The molecular formula is C9H16N4O2S. The first-order valence-corrected chi connectivity index (χ1v) is 5.86. The van der Waals surface area contributed by atoms with Crippen LogP contribution < -0.4 is 5.32 Å². The molecule has 1 aromatic rings. The molecule has 0 aliphatic carbocycles. The van der Waals surface area contributed by atoms with Crippen molar-refractivity contribution < 1.29 is 9.53 Å². The Balaban J connectivity index is 2.42. The van der Waals surface area contributed by atoms with E-state index in [0.29, 0.717) is 6.42 Å². The van der Waals surface area contributed by atoms with Gasteiger partial charge >= 0.3 is 5.97 Å². The van der Waals surface area contributed by atoms with Crippen LogP contribution in [-0.4, -0.2) is 46.6 Å². The highest BCUT2D eigenvalue weighted by atomic mass is 32.2. The molecule has 0 saturated carbocycles. The molecule has 1 rings (SSSR count). The largest absolute Gasteiger partial charge is 0.468 e. The van der Waals surface area contributed by atoms with E-state index in [2.05, 4.69) is 20.5 Å². The molecule has 0 aromatic carbocycles. The van der Waals surface area contributed by atoms with Gasteiger partial charge in [-0.3, -0.25) is 9.89 Å². The Labute approximate surface area is 98.6 Å². The van der Waals surface area contributed by atoms with E-state index in [-0.39, 0.29) is 5.97 Å². The van der Waals surface area contributed by atoms with Gasteiger partial charge in [0, 0.05) is 5.75 Å². The van der Waals surface area contributed by atoms with Crippen LogP contribution in [0.2, 0.25) is 0 Å². The number of methoxy groups -OCH3 is 1. The summed E-state index contributed by atoms with van der Waals surface area (Å²) < 4.78 is 4.75. The first-order chi connectivity index (χ1) is 7.62. The van der Waals surface area contributed by atoms with Gasteiger partial charge in [0.05, 0.1) is 7.11 Å². The van der Waals surface area contributed by atoms with Gasteiger partial charge in [-0.1, -0.05) is 11.8 Å². The summed E-state index contributed by atoms with van der Waals surface area (Å²) in [5, 5.41) is 10.2. The van der Waals surface area contributed by atoms with Crippen LogP contribution in [0.1, 0.15) is 13.3 Å². The van der Waals surface area contributed by atoms with Crippen molar-refractivity contribution in [3.63, 3.8) is 0 Å². The number of hydrogen-bond donors (Lipinski definition) is 2. The Morgan fingerprint density at radius 1 is 1.75 bits per heavy atom. The van der Waals surface area contributed by atoms with Gasteiger partial charge in [-0.25, -0.2) is 4.98 Å². The number of carbonyl (C=O) groups is 1. The summed E-state index contributed by atoms with van der Waals surface area (Å²) in [4.78, 5) is 15.5. The van der Waals surface area contributed by atoms with Gasteiger partial charge in [-0.05, 0) is 20.4 Å². The number of rotatable bonds is 6. The minimum atomic E-state index is -0.651. The summed E-state index contributed by atoms with van der Waals surface area (Å²) in [5.74, 6) is 0.495. The quantitative estimate of drug-likeness (QED) is 0.558. The van der Waals surface area contributed by atoms with E-state index < -0.39 is 5.54 Å². The van der Waals surface area contributed by atoms with Crippen molar-refractivity contribution >= 4 is 17.7 Å². The molecule has 1 unspecified atom stereocenters. The van der Waals surface area contributed by atoms with E-state index in [1.54, 1.807) is 7.05 Å². The molecule has 0 amide bonds. The molecule has 1 aromatic heterocycles. The number of aromatic amines is 1. The van der Waals surface area contributed by atoms with Gasteiger partial charge < -0.3 is 10.1 Å². The van der Waals surface area contributed by atoms with E-state index in [0.717, 1.165) is 10.9 Å². The molecule has 0 aliphatic heterocycles. The SMILES string of the molecule is CNC(C)(CCSc1ncn[nH]1)C(=O)OC. The maximum absolute atomic E-state index is 11.5. The van der Waals surface area contributed by atoms with Gasteiger partial charge in [0.25, 0.3) is 0 Å².